The number of ether oxygens (including phenoxy) is 1. The molecule has 0 bridgehead atoms. The Morgan fingerprint density at radius 2 is 2.36 bits per heavy atom. The highest BCUT2D eigenvalue weighted by atomic mass is 16.5. The van der Waals surface area contributed by atoms with E-state index in [4.69, 9.17) is 4.74 Å². The van der Waals surface area contributed by atoms with Gasteiger partial charge in [0.25, 0.3) is 0 Å². The Balaban J connectivity index is 1.62. The van der Waals surface area contributed by atoms with Gasteiger partial charge in [-0.25, -0.2) is 14.5 Å². The molecule has 0 saturated carbocycles. The van der Waals surface area contributed by atoms with Crippen LogP contribution in [0.2, 0.25) is 0 Å². The number of urea groups is 1. The monoisotopic (exact) mass is 303 g/mol. The highest BCUT2D eigenvalue weighted by Gasteiger charge is 2.16. The van der Waals surface area contributed by atoms with Crippen LogP contribution in [0.5, 0.6) is 0 Å². The average molecular weight is 303 g/mol. The average Bonchev–Trinajstić information content (AvgIpc) is 3.14. The van der Waals surface area contributed by atoms with E-state index in [2.05, 4.69) is 34.6 Å². The van der Waals surface area contributed by atoms with E-state index >= 15 is 0 Å². The van der Waals surface area contributed by atoms with Gasteiger partial charge < -0.3 is 15.4 Å². The highest BCUT2D eigenvalue weighted by molar-refractivity contribution is 5.91. The van der Waals surface area contributed by atoms with Crippen LogP contribution in [0, 0.1) is 5.92 Å². The maximum absolute atomic E-state index is 11.9. The molecule has 22 heavy (non-hydrogen) atoms. The molecule has 2 amide bonds. The quantitative estimate of drug-likeness (QED) is 0.907. The Kier molecular flexibility index (Phi) is 4.24. The lowest BCUT2D eigenvalue weighted by atomic mass is 10.1. The Bertz CT molecular complexity index is 661. The summed E-state index contributed by atoms with van der Waals surface area (Å²) in [6, 6.07) is 1.91. The van der Waals surface area contributed by atoms with Crippen molar-refractivity contribution < 1.29 is 9.53 Å². The number of nitrogens with zero attached hydrogens (tertiary/aromatic N) is 3. The highest BCUT2D eigenvalue weighted by Crippen LogP contribution is 2.19. The number of rotatable bonds is 4. The SMILES string of the molecule is CC(C)n1ncc2cc(NC(=O)NC[C@H]3CCOC3)cnc21. The fourth-order valence-electron chi connectivity index (χ4n) is 2.54. The van der Waals surface area contributed by atoms with Crippen LogP contribution in [0.4, 0.5) is 10.5 Å². The molecule has 2 aromatic heterocycles. The first-order valence-electron chi connectivity index (χ1n) is 7.59. The third-order valence-corrected chi connectivity index (χ3v) is 3.76. The number of hydrogen-bond acceptors (Lipinski definition) is 4. The molecular formula is C15H21N5O2. The minimum Gasteiger partial charge on any atom is -0.381 e. The van der Waals surface area contributed by atoms with Gasteiger partial charge in [-0.05, 0) is 26.3 Å². The summed E-state index contributed by atoms with van der Waals surface area (Å²) >= 11 is 0. The van der Waals surface area contributed by atoms with Gasteiger partial charge >= 0.3 is 6.03 Å². The number of amides is 2. The molecule has 1 atom stereocenters. The van der Waals surface area contributed by atoms with E-state index in [0.29, 0.717) is 18.2 Å². The predicted molar refractivity (Wildman–Crippen MR) is 83.9 cm³/mol. The van der Waals surface area contributed by atoms with Gasteiger partial charge in [-0.3, -0.25) is 0 Å². The second-order valence-electron chi connectivity index (χ2n) is 5.88. The van der Waals surface area contributed by atoms with Gasteiger partial charge in [0.05, 0.1) is 24.7 Å². The summed E-state index contributed by atoms with van der Waals surface area (Å²) in [7, 11) is 0. The van der Waals surface area contributed by atoms with Crippen LogP contribution in [0.3, 0.4) is 0 Å². The van der Waals surface area contributed by atoms with Crippen LogP contribution in [-0.4, -0.2) is 40.6 Å². The summed E-state index contributed by atoms with van der Waals surface area (Å²) < 4.78 is 7.15. The van der Waals surface area contributed by atoms with Gasteiger partial charge in [0.2, 0.25) is 0 Å². The zero-order chi connectivity index (χ0) is 15.5. The molecule has 1 saturated heterocycles. The van der Waals surface area contributed by atoms with E-state index in [-0.39, 0.29) is 12.1 Å². The van der Waals surface area contributed by atoms with E-state index in [1.54, 1.807) is 12.4 Å². The maximum Gasteiger partial charge on any atom is 0.319 e. The summed E-state index contributed by atoms with van der Waals surface area (Å²) in [4.78, 5) is 16.3. The number of nitrogens with one attached hydrogen (secondary N) is 2. The fourth-order valence-corrected chi connectivity index (χ4v) is 2.54. The Hall–Kier alpha value is -2.15. The molecule has 0 radical (unpaired) electrons. The first-order valence-corrected chi connectivity index (χ1v) is 7.59. The zero-order valence-electron chi connectivity index (χ0n) is 12.9. The van der Waals surface area contributed by atoms with E-state index in [0.717, 1.165) is 30.7 Å². The van der Waals surface area contributed by atoms with Gasteiger partial charge in [-0.15, -0.1) is 0 Å². The van der Waals surface area contributed by atoms with Crippen molar-refractivity contribution in [3.63, 3.8) is 0 Å². The molecule has 7 heteroatoms. The molecule has 0 aliphatic carbocycles. The third-order valence-electron chi connectivity index (χ3n) is 3.76. The Morgan fingerprint density at radius 1 is 1.50 bits per heavy atom. The molecule has 2 N–H and O–H groups in total. The van der Waals surface area contributed by atoms with E-state index in [1.807, 2.05) is 10.7 Å². The molecule has 0 spiro atoms. The van der Waals surface area contributed by atoms with Gasteiger partial charge in [-0.1, -0.05) is 0 Å². The minimum atomic E-state index is -0.218. The standard InChI is InChI=1S/C15H21N5O2/c1-10(2)20-14-12(7-18-20)5-13(8-16-14)19-15(21)17-6-11-3-4-22-9-11/h5,7-8,10-11H,3-4,6,9H2,1-2H3,(H2,17,19,21)/t11-/m1/s1. The van der Waals surface area contributed by atoms with Gasteiger partial charge in [0.1, 0.15) is 0 Å². The smallest absolute Gasteiger partial charge is 0.319 e. The zero-order valence-corrected chi connectivity index (χ0v) is 12.9. The molecule has 1 fully saturated rings. The van der Waals surface area contributed by atoms with Crippen LogP contribution in [0.1, 0.15) is 26.3 Å². The Morgan fingerprint density at radius 3 is 3.09 bits per heavy atom. The van der Waals surface area contributed by atoms with Crippen molar-refractivity contribution in [1.82, 2.24) is 20.1 Å². The fraction of sp³-hybridized carbons (Fsp3) is 0.533. The van der Waals surface area contributed by atoms with Crippen molar-refractivity contribution in [3.8, 4) is 0 Å². The summed E-state index contributed by atoms with van der Waals surface area (Å²) in [6.45, 7) is 6.25. The first-order chi connectivity index (χ1) is 10.6. The summed E-state index contributed by atoms with van der Waals surface area (Å²) in [5.41, 5.74) is 1.49. The number of aromatic nitrogens is 3. The van der Waals surface area contributed by atoms with Crippen LogP contribution in [0.15, 0.2) is 18.5 Å². The van der Waals surface area contributed by atoms with Crippen molar-refractivity contribution in [2.24, 2.45) is 5.92 Å². The summed E-state index contributed by atoms with van der Waals surface area (Å²) in [5.74, 6) is 0.413. The van der Waals surface area contributed by atoms with Crippen molar-refractivity contribution >= 4 is 22.8 Å². The third kappa shape index (κ3) is 3.19. The van der Waals surface area contributed by atoms with Gasteiger partial charge in [-0.2, -0.15) is 5.10 Å². The topological polar surface area (TPSA) is 81.1 Å². The number of anilines is 1. The van der Waals surface area contributed by atoms with Crippen LogP contribution in [0.25, 0.3) is 11.0 Å². The number of fused-ring (bicyclic) bond motifs is 1. The molecule has 0 unspecified atom stereocenters. The molecular weight excluding hydrogens is 282 g/mol. The maximum atomic E-state index is 11.9. The van der Waals surface area contributed by atoms with Gasteiger partial charge in [0, 0.05) is 30.5 Å². The number of hydrogen-bond donors (Lipinski definition) is 2. The van der Waals surface area contributed by atoms with Crippen molar-refractivity contribution in [1.29, 1.82) is 0 Å². The van der Waals surface area contributed by atoms with Crippen LogP contribution in [-0.2, 0) is 4.74 Å². The summed E-state index contributed by atoms with van der Waals surface area (Å²) in [6.07, 6.45) is 4.42. The molecule has 1 aliphatic rings. The van der Waals surface area contributed by atoms with Gasteiger partial charge in [0.15, 0.2) is 5.65 Å². The lowest BCUT2D eigenvalue weighted by Gasteiger charge is -2.11. The second-order valence-corrected chi connectivity index (χ2v) is 5.88. The van der Waals surface area contributed by atoms with E-state index < -0.39 is 0 Å². The molecule has 118 valence electrons. The number of carbonyl (C=O) groups is 1. The minimum absolute atomic E-state index is 0.218. The van der Waals surface area contributed by atoms with Crippen LogP contribution < -0.4 is 10.6 Å². The lowest BCUT2D eigenvalue weighted by molar-refractivity contribution is 0.185. The normalized spacial score (nSPS) is 18.0. The van der Waals surface area contributed by atoms with E-state index in [1.165, 1.54) is 0 Å². The largest absolute Gasteiger partial charge is 0.381 e. The lowest BCUT2D eigenvalue weighted by Crippen LogP contribution is -2.33. The van der Waals surface area contributed by atoms with Crippen molar-refractivity contribution in [2.45, 2.75) is 26.3 Å². The van der Waals surface area contributed by atoms with Crippen molar-refractivity contribution in [3.05, 3.63) is 18.5 Å². The first kappa shape index (κ1) is 14.8. The molecule has 0 aromatic carbocycles. The molecule has 3 heterocycles. The Labute approximate surface area is 129 Å². The predicted octanol–water partition coefficient (Wildman–Crippen LogP) is 2.17. The molecule has 3 rings (SSSR count). The van der Waals surface area contributed by atoms with E-state index in [9.17, 15) is 4.79 Å². The number of carbonyl (C=O) groups excluding carboxylic acids is 1. The molecule has 7 nitrogen and oxygen atoms in total. The second kappa shape index (κ2) is 6.31. The molecule has 1 aliphatic heterocycles. The van der Waals surface area contributed by atoms with Crippen LogP contribution >= 0.6 is 0 Å². The number of pyridine rings is 1. The summed E-state index contributed by atoms with van der Waals surface area (Å²) in [5, 5.41) is 10.9. The molecule has 2 aromatic rings. The van der Waals surface area contributed by atoms with Crippen molar-refractivity contribution in [2.75, 3.05) is 25.1 Å².